The summed E-state index contributed by atoms with van der Waals surface area (Å²) in [6.45, 7) is 2.08. The molecule has 2 aromatic heterocycles. The number of rotatable bonds is 9. The molecule has 2 aromatic carbocycles. The summed E-state index contributed by atoms with van der Waals surface area (Å²) >= 11 is 11.6. The van der Waals surface area contributed by atoms with Crippen LogP contribution in [-0.2, 0) is 0 Å². The van der Waals surface area contributed by atoms with E-state index < -0.39 is 21.7 Å². The monoisotopic (exact) mass is 614 g/mol. The number of primary amides is 1. The predicted octanol–water partition coefficient (Wildman–Crippen LogP) is 5.72. The van der Waals surface area contributed by atoms with E-state index in [1.165, 1.54) is 61.2 Å². The number of carbonyl (C=O) groups is 2. The molecule has 14 nitrogen and oxygen atoms in total. The molecule has 0 aliphatic rings. The number of amides is 2. The highest BCUT2D eigenvalue weighted by Gasteiger charge is 2.21. The van der Waals surface area contributed by atoms with Crippen LogP contribution < -0.4 is 20.5 Å². The Morgan fingerprint density at radius 3 is 1.64 bits per heavy atom. The average Bonchev–Trinajstić information content (AvgIpc) is 2.93. The fourth-order valence-electron chi connectivity index (χ4n) is 3.28. The van der Waals surface area contributed by atoms with E-state index in [9.17, 15) is 29.8 Å². The maximum atomic E-state index is 11.9. The molecular formula is C26H20Cl2N6O8. The van der Waals surface area contributed by atoms with E-state index >= 15 is 0 Å². The Hall–Kier alpha value is -5.34. The number of ether oxygens (including phenoxy) is 2. The van der Waals surface area contributed by atoms with Crippen LogP contribution in [0.15, 0.2) is 73.3 Å². The maximum Gasteiger partial charge on any atom is 0.282 e. The zero-order valence-corrected chi connectivity index (χ0v) is 23.0. The van der Waals surface area contributed by atoms with Crippen LogP contribution in [0.3, 0.4) is 0 Å². The Balaban J connectivity index is 0.000000231. The normalized spacial score (nSPS) is 10.1. The number of nitro benzene ring substituents is 2. The van der Waals surface area contributed by atoms with Crippen LogP contribution in [0.5, 0.6) is 23.0 Å². The van der Waals surface area contributed by atoms with Gasteiger partial charge in [-0.1, -0.05) is 23.2 Å². The fourth-order valence-corrected chi connectivity index (χ4v) is 3.61. The first-order valence-electron chi connectivity index (χ1n) is 11.7. The Kier molecular flexibility index (Phi) is 10.6. The second kappa shape index (κ2) is 14.3. The smallest absolute Gasteiger partial charge is 0.282 e. The quantitative estimate of drug-likeness (QED) is 0.173. The SMILES string of the molecule is CCNC(=O)c1cc(Oc2cncc(Cl)c2)ccc1[N+](=O)[O-].NC(=O)c1cc(Oc2cncc(Cl)c2)ccc1[N+](=O)[O-]. The Labute approximate surface area is 247 Å². The third-order valence-electron chi connectivity index (χ3n) is 5.01. The summed E-state index contributed by atoms with van der Waals surface area (Å²) in [6.07, 6.45) is 5.74. The van der Waals surface area contributed by atoms with Gasteiger partial charge < -0.3 is 20.5 Å². The lowest BCUT2D eigenvalue weighted by Crippen LogP contribution is -2.23. The first kappa shape index (κ1) is 31.2. The Morgan fingerprint density at radius 2 is 1.24 bits per heavy atom. The van der Waals surface area contributed by atoms with E-state index in [2.05, 4.69) is 15.3 Å². The van der Waals surface area contributed by atoms with E-state index in [4.69, 9.17) is 38.4 Å². The van der Waals surface area contributed by atoms with E-state index in [0.717, 1.165) is 6.07 Å². The summed E-state index contributed by atoms with van der Waals surface area (Å²) in [5, 5.41) is 25.1. The van der Waals surface area contributed by atoms with Crippen LogP contribution in [0, 0.1) is 20.2 Å². The molecule has 0 spiro atoms. The van der Waals surface area contributed by atoms with Crippen molar-refractivity contribution in [2.75, 3.05) is 6.54 Å². The number of aromatic nitrogens is 2. The highest BCUT2D eigenvalue weighted by molar-refractivity contribution is 6.30. The summed E-state index contributed by atoms with van der Waals surface area (Å²) in [5.74, 6) is -0.260. The van der Waals surface area contributed by atoms with Crippen LogP contribution in [0.4, 0.5) is 11.4 Å². The minimum atomic E-state index is -0.911. The van der Waals surface area contributed by atoms with Crippen LogP contribution in [-0.4, -0.2) is 38.2 Å². The molecule has 0 unspecified atom stereocenters. The first-order valence-corrected chi connectivity index (χ1v) is 12.5. The predicted molar refractivity (Wildman–Crippen MR) is 151 cm³/mol. The third-order valence-corrected chi connectivity index (χ3v) is 5.42. The van der Waals surface area contributed by atoms with Crippen molar-refractivity contribution < 1.29 is 28.9 Å². The summed E-state index contributed by atoms with van der Waals surface area (Å²) in [4.78, 5) is 51.3. The number of hydrogen-bond donors (Lipinski definition) is 2. The summed E-state index contributed by atoms with van der Waals surface area (Å²) in [5.41, 5.74) is 4.13. The molecule has 0 aliphatic heterocycles. The van der Waals surface area contributed by atoms with Gasteiger partial charge in [0.05, 0.1) is 32.3 Å². The molecule has 0 saturated heterocycles. The van der Waals surface area contributed by atoms with Crippen LogP contribution in [0.2, 0.25) is 10.0 Å². The molecule has 4 rings (SSSR count). The number of benzene rings is 2. The number of pyridine rings is 2. The van der Waals surface area contributed by atoms with Crippen molar-refractivity contribution in [1.82, 2.24) is 15.3 Å². The molecule has 2 heterocycles. The largest absolute Gasteiger partial charge is 0.456 e. The van der Waals surface area contributed by atoms with Gasteiger partial charge in [-0.2, -0.15) is 0 Å². The van der Waals surface area contributed by atoms with Crippen molar-refractivity contribution in [2.24, 2.45) is 5.73 Å². The fraction of sp³-hybridized carbons (Fsp3) is 0.0769. The lowest BCUT2D eigenvalue weighted by molar-refractivity contribution is -0.385. The van der Waals surface area contributed by atoms with E-state index in [1.54, 1.807) is 13.0 Å². The third kappa shape index (κ3) is 8.58. The molecule has 2 amide bonds. The highest BCUT2D eigenvalue weighted by Crippen LogP contribution is 2.29. The molecular weight excluding hydrogens is 595 g/mol. The van der Waals surface area contributed by atoms with Gasteiger partial charge in [0.1, 0.15) is 34.1 Å². The topological polar surface area (TPSA) is 203 Å². The Morgan fingerprint density at radius 1 is 0.786 bits per heavy atom. The van der Waals surface area contributed by atoms with E-state index in [-0.39, 0.29) is 34.0 Å². The second-order valence-electron chi connectivity index (χ2n) is 7.98. The van der Waals surface area contributed by atoms with Crippen LogP contribution in [0.25, 0.3) is 0 Å². The molecule has 42 heavy (non-hydrogen) atoms. The molecule has 0 atom stereocenters. The number of nitrogens with zero attached hydrogens (tertiary/aromatic N) is 4. The number of nitrogens with one attached hydrogen (secondary N) is 1. The minimum absolute atomic E-state index is 0.0701. The van der Waals surface area contributed by atoms with Crippen molar-refractivity contribution in [2.45, 2.75) is 6.92 Å². The molecule has 3 N–H and O–H groups in total. The van der Waals surface area contributed by atoms with Gasteiger partial charge in [-0.25, -0.2) is 0 Å². The van der Waals surface area contributed by atoms with Gasteiger partial charge >= 0.3 is 0 Å². The number of nitro groups is 2. The number of nitrogens with two attached hydrogens (primary N) is 1. The zero-order chi connectivity index (χ0) is 30.8. The average molecular weight is 615 g/mol. The van der Waals surface area contributed by atoms with Gasteiger partial charge in [-0.15, -0.1) is 0 Å². The van der Waals surface area contributed by atoms with Crippen molar-refractivity contribution in [3.8, 4) is 23.0 Å². The molecule has 4 aromatic rings. The summed E-state index contributed by atoms with van der Waals surface area (Å²) in [7, 11) is 0. The molecule has 0 aliphatic carbocycles. The maximum absolute atomic E-state index is 11.9. The molecule has 216 valence electrons. The summed E-state index contributed by atoms with van der Waals surface area (Å²) in [6, 6.07) is 10.7. The van der Waals surface area contributed by atoms with Gasteiger partial charge in [0, 0.05) is 55.3 Å². The molecule has 0 radical (unpaired) electrons. The lowest BCUT2D eigenvalue weighted by Gasteiger charge is -2.08. The second-order valence-corrected chi connectivity index (χ2v) is 8.85. The van der Waals surface area contributed by atoms with Crippen LogP contribution >= 0.6 is 23.2 Å². The minimum Gasteiger partial charge on any atom is -0.456 e. The molecule has 0 bridgehead atoms. The Bertz CT molecular complexity index is 1650. The molecule has 16 heteroatoms. The van der Waals surface area contributed by atoms with Gasteiger partial charge in [0.25, 0.3) is 23.2 Å². The van der Waals surface area contributed by atoms with Crippen molar-refractivity contribution in [3.63, 3.8) is 0 Å². The number of hydrogen-bond acceptors (Lipinski definition) is 10. The first-order chi connectivity index (χ1) is 20.0. The molecule has 0 saturated carbocycles. The summed E-state index contributed by atoms with van der Waals surface area (Å²) < 4.78 is 10.9. The molecule has 0 fully saturated rings. The lowest BCUT2D eigenvalue weighted by atomic mass is 10.1. The van der Waals surface area contributed by atoms with Gasteiger partial charge in [0.15, 0.2) is 0 Å². The zero-order valence-electron chi connectivity index (χ0n) is 21.5. The van der Waals surface area contributed by atoms with Crippen molar-refractivity contribution in [3.05, 3.63) is 115 Å². The van der Waals surface area contributed by atoms with Gasteiger partial charge in [-0.05, 0) is 19.1 Å². The standard InChI is InChI=1S/C14H12ClN3O4.C12H8ClN3O4/c1-2-17-14(19)12-6-10(3-4-13(12)18(20)21)22-11-5-9(15)7-16-8-11;13-7-3-9(6-15-5-7)20-8-1-2-11(16(18)19)10(4-8)12(14)17/h3-8H,2H2,1H3,(H,17,19);1-6H,(H2,14,17). The highest BCUT2D eigenvalue weighted by atomic mass is 35.5. The van der Waals surface area contributed by atoms with Gasteiger partial charge in [-0.3, -0.25) is 39.8 Å². The van der Waals surface area contributed by atoms with E-state index in [1.807, 2.05) is 0 Å². The van der Waals surface area contributed by atoms with Gasteiger partial charge in [0.2, 0.25) is 0 Å². The number of halogens is 2. The van der Waals surface area contributed by atoms with E-state index in [0.29, 0.717) is 28.1 Å². The van der Waals surface area contributed by atoms with Crippen LogP contribution in [0.1, 0.15) is 27.6 Å². The van der Waals surface area contributed by atoms with Crippen molar-refractivity contribution in [1.29, 1.82) is 0 Å². The van der Waals surface area contributed by atoms with Crippen molar-refractivity contribution >= 4 is 46.4 Å². The number of carbonyl (C=O) groups excluding carboxylic acids is 2.